The first-order chi connectivity index (χ1) is 9.06. The number of benzene rings is 1. The van der Waals surface area contributed by atoms with Crippen molar-refractivity contribution in [2.24, 2.45) is 0 Å². The number of hydrogen-bond acceptors (Lipinski definition) is 2. The third-order valence-electron chi connectivity index (χ3n) is 2.96. The van der Waals surface area contributed by atoms with Crippen LogP contribution >= 0.6 is 0 Å². The number of hydrogen-bond donors (Lipinski definition) is 1. The van der Waals surface area contributed by atoms with Crippen LogP contribution in [0.1, 0.15) is 31.4 Å². The second-order valence-corrected chi connectivity index (χ2v) is 4.56. The van der Waals surface area contributed by atoms with Gasteiger partial charge in [0, 0.05) is 6.54 Å². The quantitative estimate of drug-likeness (QED) is 0.819. The Kier molecular flexibility index (Phi) is 6.06. The van der Waals surface area contributed by atoms with Crippen molar-refractivity contribution in [1.82, 2.24) is 4.90 Å². The fourth-order valence-electron chi connectivity index (χ4n) is 1.90. The Bertz CT molecular complexity index is 426. The van der Waals surface area contributed by atoms with E-state index in [1.54, 1.807) is 0 Å². The molecule has 1 amide bonds. The van der Waals surface area contributed by atoms with E-state index >= 15 is 0 Å². The van der Waals surface area contributed by atoms with Gasteiger partial charge in [0.25, 0.3) is 0 Å². The van der Waals surface area contributed by atoms with Crippen LogP contribution in [-0.2, 0) is 22.4 Å². The highest BCUT2D eigenvalue weighted by Gasteiger charge is 2.16. The van der Waals surface area contributed by atoms with Crippen molar-refractivity contribution < 1.29 is 14.7 Å². The van der Waals surface area contributed by atoms with E-state index in [-0.39, 0.29) is 18.9 Å². The van der Waals surface area contributed by atoms with Gasteiger partial charge in [-0.25, -0.2) is 0 Å². The van der Waals surface area contributed by atoms with Crippen LogP contribution in [0.15, 0.2) is 24.3 Å². The van der Waals surface area contributed by atoms with Crippen molar-refractivity contribution in [2.45, 2.75) is 33.1 Å². The van der Waals surface area contributed by atoms with Gasteiger partial charge in [-0.15, -0.1) is 0 Å². The van der Waals surface area contributed by atoms with Crippen molar-refractivity contribution in [1.29, 1.82) is 0 Å². The number of amides is 1. The summed E-state index contributed by atoms with van der Waals surface area (Å²) in [5.41, 5.74) is 2.15. The summed E-state index contributed by atoms with van der Waals surface area (Å²) in [5.74, 6) is -1.10. The Labute approximate surface area is 114 Å². The standard InChI is InChI=1S/C15H21NO3/c1-3-9-16(11-15(18)19)14(17)10-13-7-5-12(4-2)6-8-13/h5-8H,3-4,9-11H2,1-2H3,(H,18,19). The van der Waals surface area contributed by atoms with Crippen molar-refractivity contribution in [2.75, 3.05) is 13.1 Å². The van der Waals surface area contributed by atoms with Crippen molar-refractivity contribution in [3.05, 3.63) is 35.4 Å². The van der Waals surface area contributed by atoms with Crippen molar-refractivity contribution in [3.63, 3.8) is 0 Å². The molecule has 0 saturated heterocycles. The minimum atomic E-state index is -0.969. The van der Waals surface area contributed by atoms with Gasteiger partial charge in [-0.2, -0.15) is 0 Å². The predicted octanol–water partition coefficient (Wildman–Crippen LogP) is 2.11. The molecule has 0 aliphatic rings. The molecule has 19 heavy (non-hydrogen) atoms. The number of carbonyl (C=O) groups excluding carboxylic acids is 1. The molecule has 1 rings (SSSR count). The fraction of sp³-hybridized carbons (Fsp3) is 0.467. The molecule has 0 aromatic heterocycles. The van der Waals surface area contributed by atoms with Gasteiger partial charge >= 0.3 is 5.97 Å². The Hall–Kier alpha value is -1.84. The molecule has 0 bridgehead atoms. The summed E-state index contributed by atoms with van der Waals surface area (Å²) in [5, 5.41) is 8.80. The number of aryl methyl sites for hydroxylation is 1. The van der Waals surface area contributed by atoms with Crippen LogP contribution in [0.3, 0.4) is 0 Å². The summed E-state index contributed by atoms with van der Waals surface area (Å²) in [6, 6.07) is 7.87. The van der Waals surface area contributed by atoms with Gasteiger partial charge in [0.1, 0.15) is 6.54 Å². The van der Waals surface area contributed by atoms with Gasteiger partial charge in [0.2, 0.25) is 5.91 Å². The highest BCUT2D eigenvalue weighted by molar-refractivity contribution is 5.83. The van der Waals surface area contributed by atoms with Gasteiger partial charge in [-0.1, -0.05) is 38.1 Å². The highest BCUT2D eigenvalue weighted by atomic mass is 16.4. The smallest absolute Gasteiger partial charge is 0.323 e. The fourth-order valence-corrected chi connectivity index (χ4v) is 1.90. The lowest BCUT2D eigenvalue weighted by Gasteiger charge is -2.20. The van der Waals surface area contributed by atoms with Crippen LogP contribution in [0.5, 0.6) is 0 Å². The Balaban J connectivity index is 2.66. The molecule has 0 saturated carbocycles. The molecule has 0 spiro atoms. The van der Waals surface area contributed by atoms with Crippen LogP contribution in [0.25, 0.3) is 0 Å². The first-order valence-electron chi connectivity index (χ1n) is 6.64. The summed E-state index contributed by atoms with van der Waals surface area (Å²) in [6.45, 7) is 4.27. The van der Waals surface area contributed by atoms with E-state index in [0.717, 1.165) is 18.4 Å². The second-order valence-electron chi connectivity index (χ2n) is 4.56. The zero-order valence-electron chi connectivity index (χ0n) is 11.6. The Morgan fingerprint density at radius 2 is 1.68 bits per heavy atom. The molecule has 0 aliphatic carbocycles. The summed E-state index contributed by atoms with van der Waals surface area (Å²) in [6.07, 6.45) is 1.99. The number of carboxylic acid groups (broad SMARTS) is 1. The lowest BCUT2D eigenvalue weighted by molar-refractivity contribution is -0.144. The van der Waals surface area contributed by atoms with Crippen LogP contribution in [0.2, 0.25) is 0 Å². The van der Waals surface area contributed by atoms with Crippen LogP contribution < -0.4 is 0 Å². The Morgan fingerprint density at radius 1 is 1.11 bits per heavy atom. The highest BCUT2D eigenvalue weighted by Crippen LogP contribution is 2.07. The number of nitrogens with zero attached hydrogens (tertiary/aromatic N) is 1. The molecule has 4 heteroatoms. The van der Waals surface area contributed by atoms with E-state index < -0.39 is 5.97 Å². The minimum absolute atomic E-state index is 0.131. The summed E-state index contributed by atoms with van der Waals surface area (Å²) < 4.78 is 0. The third kappa shape index (κ3) is 5.12. The largest absolute Gasteiger partial charge is 0.480 e. The van der Waals surface area contributed by atoms with Gasteiger partial charge < -0.3 is 10.0 Å². The molecule has 4 nitrogen and oxygen atoms in total. The maximum absolute atomic E-state index is 12.1. The van der Waals surface area contributed by atoms with E-state index in [4.69, 9.17) is 5.11 Å². The topological polar surface area (TPSA) is 57.6 Å². The molecular weight excluding hydrogens is 242 g/mol. The lowest BCUT2D eigenvalue weighted by atomic mass is 10.1. The van der Waals surface area contributed by atoms with E-state index in [1.165, 1.54) is 10.5 Å². The zero-order chi connectivity index (χ0) is 14.3. The number of carbonyl (C=O) groups is 2. The van der Waals surface area contributed by atoms with Gasteiger partial charge in [0.05, 0.1) is 6.42 Å². The van der Waals surface area contributed by atoms with Gasteiger partial charge in [-0.05, 0) is 24.0 Å². The lowest BCUT2D eigenvalue weighted by Crippen LogP contribution is -2.37. The van der Waals surface area contributed by atoms with Crippen LogP contribution in [0, 0.1) is 0 Å². The van der Waals surface area contributed by atoms with Gasteiger partial charge in [0.15, 0.2) is 0 Å². The number of carboxylic acids is 1. The molecule has 0 fully saturated rings. The minimum Gasteiger partial charge on any atom is -0.480 e. The molecule has 1 aromatic rings. The van der Waals surface area contributed by atoms with Crippen molar-refractivity contribution >= 4 is 11.9 Å². The molecule has 0 unspecified atom stereocenters. The third-order valence-corrected chi connectivity index (χ3v) is 2.96. The summed E-state index contributed by atoms with van der Waals surface area (Å²) in [7, 11) is 0. The van der Waals surface area contributed by atoms with E-state index in [2.05, 4.69) is 6.92 Å². The predicted molar refractivity (Wildman–Crippen MR) is 74.0 cm³/mol. The molecule has 104 valence electrons. The number of rotatable bonds is 7. The molecule has 0 radical (unpaired) electrons. The SMILES string of the molecule is CCCN(CC(=O)O)C(=O)Cc1ccc(CC)cc1. The van der Waals surface area contributed by atoms with Gasteiger partial charge in [-0.3, -0.25) is 9.59 Å². The Morgan fingerprint density at radius 3 is 2.16 bits per heavy atom. The molecule has 0 heterocycles. The molecule has 1 N–H and O–H groups in total. The summed E-state index contributed by atoms with van der Waals surface area (Å²) >= 11 is 0. The average molecular weight is 263 g/mol. The zero-order valence-corrected chi connectivity index (χ0v) is 11.6. The molecule has 1 aromatic carbocycles. The van der Waals surface area contributed by atoms with Crippen molar-refractivity contribution in [3.8, 4) is 0 Å². The number of aliphatic carboxylic acids is 1. The van der Waals surface area contributed by atoms with E-state index in [9.17, 15) is 9.59 Å². The van der Waals surface area contributed by atoms with Crippen LogP contribution in [-0.4, -0.2) is 35.0 Å². The first kappa shape index (κ1) is 15.2. The molecular formula is C15H21NO3. The maximum Gasteiger partial charge on any atom is 0.323 e. The van der Waals surface area contributed by atoms with E-state index in [0.29, 0.717) is 6.54 Å². The second kappa shape index (κ2) is 7.56. The van der Waals surface area contributed by atoms with E-state index in [1.807, 2.05) is 31.2 Å². The molecule has 0 atom stereocenters. The first-order valence-corrected chi connectivity index (χ1v) is 6.64. The monoisotopic (exact) mass is 263 g/mol. The van der Waals surface area contributed by atoms with Crippen LogP contribution in [0.4, 0.5) is 0 Å². The average Bonchev–Trinajstić information content (AvgIpc) is 2.38. The molecule has 0 aliphatic heterocycles. The summed E-state index contributed by atoms with van der Waals surface area (Å²) in [4.78, 5) is 24.2. The maximum atomic E-state index is 12.1. The normalized spacial score (nSPS) is 10.2.